The molecular formula is C11H18N2O4S2. The van der Waals surface area contributed by atoms with E-state index in [2.05, 4.69) is 0 Å². The molecule has 0 radical (unpaired) electrons. The van der Waals surface area contributed by atoms with E-state index < -0.39 is 10.0 Å². The number of hydrogen-bond acceptors (Lipinski definition) is 5. The smallest absolute Gasteiger partial charge is 0.252 e. The van der Waals surface area contributed by atoms with Gasteiger partial charge in [-0.2, -0.15) is 0 Å². The van der Waals surface area contributed by atoms with Gasteiger partial charge in [-0.05, 0) is 17.9 Å². The van der Waals surface area contributed by atoms with Crippen LogP contribution >= 0.6 is 11.3 Å². The molecule has 1 aromatic rings. The van der Waals surface area contributed by atoms with E-state index in [1.165, 1.54) is 36.8 Å². The molecule has 0 unspecified atom stereocenters. The first-order valence-corrected chi connectivity index (χ1v) is 8.02. The van der Waals surface area contributed by atoms with Crippen LogP contribution in [0.4, 0.5) is 0 Å². The minimum Gasteiger partial charge on any atom is -0.275 e. The number of hydroxylamine groups is 2. The van der Waals surface area contributed by atoms with Gasteiger partial charge in [-0.1, -0.05) is 6.07 Å². The highest BCUT2D eigenvalue weighted by Gasteiger charge is 2.21. The maximum atomic E-state index is 12.1. The van der Waals surface area contributed by atoms with E-state index in [4.69, 9.17) is 4.84 Å². The Morgan fingerprint density at radius 2 is 2.11 bits per heavy atom. The van der Waals surface area contributed by atoms with Gasteiger partial charge in [0, 0.05) is 27.1 Å². The lowest BCUT2D eigenvalue weighted by Crippen LogP contribution is -2.29. The van der Waals surface area contributed by atoms with E-state index in [1.54, 1.807) is 17.5 Å². The van der Waals surface area contributed by atoms with Crippen molar-refractivity contribution in [3.8, 4) is 0 Å². The third kappa shape index (κ3) is 4.27. The predicted molar refractivity (Wildman–Crippen MR) is 73.1 cm³/mol. The van der Waals surface area contributed by atoms with Crippen molar-refractivity contribution in [2.24, 2.45) is 0 Å². The van der Waals surface area contributed by atoms with Gasteiger partial charge in [0.25, 0.3) is 10.0 Å². The lowest BCUT2D eigenvalue weighted by Gasteiger charge is -2.17. The van der Waals surface area contributed by atoms with E-state index in [-0.39, 0.29) is 12.3 Å². The second-order valence-electron chi connectivity index (χ2n) is 3.94. The van der Waals surface area contributed by atoms with Gasteiger partial charge in [-0.3, -0.25) is 9.63 Å². The number of carbonyl (C=O) groups excluding carboxylic acids is 1. The van der Waals surface area contributed by atoms with Crippen LogP contribution in [-0.2, 0) is 19.7 Å². The van der Waals surface area contributed by atoms with Gasteiger partial charge < -0.3 is 0 Å². The minimum atomic E-state index is -3.42. The van der Waals surface area contributed by atoms with Crippen LogP contribution in [0.25, 0.3) is 0 Å². The van der Waals surface area contributed by atoms with Gasteiger partial charge in [0.2, 0.25) is 5.91 Å². The van der Waals surface area contributed by atoms with E-state index in [1.807, 2.05) is 0 Å². The van der Waals surface area contributed by atoms with Crippen molar-refractivity contribution in [1.82, 2.24) is 9.37 Å². The number of nitrogens with zero attached hydrogens (tertiary/aromatic N) is 2. The van der Waals surface area contributed by atoms with Crippen molar-refractivity contribution in [3.05, 3.63) is 17.5 Å². The summed E-state index contributed by atoms with van der Waals surface area (Å²) in [5.74, 6) is -0.176. The topological polar surface area (TPSA) is 66.9 Å². The normalized spacial score (nSPS) is 11.8. The Hall–Kier alpha value is -0.960. The lowest BCUT2D eigenvalue weighted by atomic mass is 10.3. The molecule has 0 saturated carbocycles. The molecule has 0 N–H and O–H groups in total. The average Bonchev–Trinajstić information content (AvgIpc) is 2.91. The van der Waals surface area contributed by atoms with Crippen LogP contribution in [-0.4, -0.2) is 51.4 Å². The molecule has 0 atom stereocenters. The highest BCUT2D eigenvalue weighted by molar-refractivity contribution is 7.91. The molecule has 0 aliphatic heterocycles. The molecule has 108 valence electrons. The summed E-state index contributed by atoms with van der Waals surface area (Å²) < 4.78 is 25.7. The number of hydrogen-bond donors (Lipinski definition) is 0. The summed E-state index contributed by atoms with van der Waals surface area (Å²) in [6, 6.07) is 3.27. The Kier molecular flexibility index (Phi) is 5.92. The highest BCUT2D eigenvalue weighted by Crippen LogP contribution is 2.19. The SMILES string of the molecule is CON(C)C(=O)CCCN(C)S(=O)(=O)c1cccs1. The first-order valence-electron chi connectivity index (χ1n) is 5.70. The average molecular weight is 306 g/mol. The standard InChI is InChI=1S/C11H18N2O4S2/c1-12(8-4-6-10(14)13(2)17-3)19(15,16)11-7-5-9-18-11/h5,7,9H,4,6,8H2,1-3H3. The molecule has 19 heavy (non-hydrogen) atoms. The van der Waals surface area contributed by atoms with Crippen molar-refractivity contribution in [2.45, 2.75) is 17.1 Å². The number of amides is 1. The first-order chi connectivity index (χ1) is 8.89. The van der Waals surface area contributed by atoms with Crippen LogP contribution in [0.5, 0.6) is 0 Å². The summed E-state index contributed by atoms with van der Waals surface area (Å²) in [7, 11) is 1.02. The van der Waals surface area contributed by atoms with Crippen LogP contribution in [0.1, 0.15) is 12.8 Å². The summed E-state index contributed by atoms with van der Waals surface area (Å²) in [6.07, 6.45) is 0.697. The van der Waals surface area contributed by atoms with Crippen LogP contribution < -0.4 is 0 Å². The maximum Gasteiger partial charge on any atom is 0.252 e. The van der Waals surface area contributed by atoms with E-state index in [0.29, 0.717) is 17.2 Å². The van der Waals surface area contributed by atoms with Crippen molar-refractivity contribution in [1.29, 1.82) is 0 Å². The van der Waals surface area contributed by atoms with Crippen LogP contribution in [0.2, 0.25) is 0 Å². The summed E-state index contributed by atoms with van der Waals surface area (Å²) in [6.45, 7) is 0.295. The first kappa shape index (κ1) is 16.1. The molecule has 0 bridgehead atoms. The molecule has 1 aromatic heterocycles. The van der Waals surface area contributed by atoms with E-state index in [0.717, 1.165) is 5.06 Å². The molecule has 0 spiro atoms. The molecular weight excluding hydrogens is 288 g/mol. The minimum absolute atomic E-state index is 0.176. The van der Waals surface area contributed by atoms with E-state index >= 15 is 0 Å². The van der Waals surface area contributed by atoms with Crippen LogP contribution in [0, 0.1) is 0 Å². The molecule has 0 aromatic carbocycles. The number of carbonyl (C=O) groups is 1. The quantitative estimate of drug-likeness (QED) is 0.709. The van der Waals surface area contributed by atoms with Gasteiger partial charge in [0.05, 0.1) is 7.11 Å². The second-order valence-corrected chi connectivity index (χ2v) is 7.16. The van der Waals surface area contributed by atoms with Gasteiger partial charge in [0.1, 0.15) is 4.21 Å². The summed E-state index contributed by atoms with van der Waals surface area (Å²) in [4.78, 5) is 16.2. The molecule has 8 heteroatoms. The highest BCUT2D eigenvalue weighted by atomic mass is 32.2. The molecule has 1 amide bonds. The zero-order valence-electron chi connectivity index (χ0n) is 11.2. The third-order valence-electron chi connectivity index (χ3n) is 2.65. The fourth-order valence-corrected chi connectivity index (χ4v) is 3.81. The van der Waals surface area contributed by atoms with Crippen molar-refractivity contribution >= 4 is 27.3 Å². The Morgan fingerprint density at radius 3 is 2.63 bits per heavy atom. The van der Waals surface area contributed by atoms with Crippen molar-refractivity contribution < 1.29 is 18.0 Å². The fraction of sp³-hybridized carbons (Fsp3) is 0.545. The summed E-state index contributed by atoms with van der Waals surface area (Å²) >= 11 is 1.18. The Balaban J connectivity index is 2.48. The predicted octanol–water partition coefficient (Wildman–Crippen LogP) is 1.17. The van der Waals surface area contributed by atoms with Crippen molar-refractivity contribution in [3.63, 3.8) is 0 Å². The fourth-order valence-electron chi connectivity index (χ4n) is 1.40. The molecule has 0 aliphatic rings. The zero-order chi connectivity index (χ0) is 14.5. The van der Waals surface area contributed by atoms with Gasteiger partial charge >= 0.3 is 0 Å². The lowest BCUT2D eigenvalue weighted by molar-refractivity contribution is -0.168. The van der Waals surface area contributed by atoms with Gasteiger partial charge in [-0.15, -0.1) is 11.3 Å². The Morgan fingerprint density at radius 1 is 1.42 bits per heavy atom. The maximum absolute atomic E-state index is 12.1. The van der Waals surface area contributed by atoms with Crippen LogP contribution in [0.3, 0.4) is 0 Å². The Labute approximate surface area is 117 Å². The largest absolute Gasteiger partial charge is 0.275 e. The molecule has 1 rings (SSSR count). The molecule has 0 aliphatic carbocycles. The van der Waals surface area contributed by atoms with Crippen molar-refractivity contribution in [2.75, 3.05) is 27.7 Å². The third-order valence-corrected chi connectivity index (χ3v) is 5.88. The van der Waals surface area contributed by atoms with E-state index in [9.17, 15) is 13.2 Å². The van der Waals surface area contributed by atoms with Crippen LogP contribution in [0.15, 0.2) is 21.7 Å². The Bertz CT molecular complexity index is 499. The number of thiophene rings is 1. The van der Waals surface area contributed by atoms with Gasteiger partial charge in [0.15, 0.2) is 0 Å². The molecule has 0 fully saturated rings. The molecule has 1 heterocycles. The number of sulfonamides is 1. The summed E-state index contributed by atoms with van der Waals surface area (Å²) in [5, 5.41) is 2.85. The zero-order valence-corrected chi connectivity index (χ0v) is 12.8. The summed E-state index contributed by atoms with van der Waals surface area (Å²) in [5.41, 5.74) is 0. The molecule has 6 nitrogen and oxygen atoms in total. The second kappa shape index (κ2) is 6.99. The van der Waals surface area contributed by atoms with Gasteiger partial charge in [-0.25, -0.2) is 17.8 Å². The molecule has 0 saturated heterocycles. The number of rotatable bonds is 7. The monoisotopic (exact) mass is 306 g/mol.